The molecule has 1 aromatic heterocycles. The van der Waals surface area contributed by atoms with Crippen molar-refractivity contribution in [1.29, 1.82) is 0 Å². The molecule has 0 atom stereocenters. The average Bonchev–Trinajstić information content (AvgIpc) is 2.42. The molecule has 0 bridgehead atoms. The number of fused-ring (bicyclic) bond motifs is 1. The third-order valence-corrected chi connectivity index (χ3v) is 3.58. The van der Waals surface area contributed by atoms with Gasteiger partial charge in [-0.3, -0.25) is 4.98 Å². The van der Waals surface area contributed by atoms with E-state index >= 15 is 0 Å². The molecule has 2 aromatic rings. The van der Waals surface area contributed by atoms with Crippen LogP contribution in [0.1, 0.15) is 26.0 Å². The third kappa shape index (κ3) is 3.70. The highest BCUT2D eigenvalue weighted by Crippen LogP contribution is 2.26. The Morgan fingerprint density at radius 2 is 2.00 bits per heavy atom. The molecule has 0 aliphatic heterocycles. The van der Waals surface area contributed by atoms with Gasteiger partial charge < -0.3 is 10.1 Å². The largest absolute Gasteiger partial charge is 0.385 e. The Kier molecular flexibility index (Phi) is 4.61. The lowest BCUT2D eigenvalue weighted by Gasteiger charge is -2.25. The summed E-state index contributed by atoms with van der Waals surface area (Å²) < 4.78 is 5.18. The zero-order chi connectivity index (χ0) is 14.6. The van der Waals surface area contributed by atoms with Gasteiger partial charge in [-0.25, -0.2) is 0 Å². The first-order valence-electron chi connectivity index (χ1n) is 7.11. The van der Waals surface area contributed by atoms with Crippen LogP contribution in [0.3, 0.4) is 0 Å². The summed E-state index contributed by atoms with van der Waals surface area (Å²) >= 11 is 0. The van der Waals surface area contributed by atoms with Gasteiger partial charge in [-0.1, -0.05) is 32.0 Å². The van der Waals surface area contributed by atoms with E-state index in [-0.39, 0.29) is 5.41 Å². The summed E-state index contributed by atoms with van der Waals surface area (Å²) in [5, 5.41) is 4.76. The van der Waals surface area contributed by atoms with E-state index < -0.39 is 0 Å². The fraction of sp³-hybridized carbons (Fsp3) is 0.471. The maximum absolute atomic E-state index is 5.18. The molecule has 0 unspecified atom stereocenters. The molecule has 0 radical (unpaired) electrons. The predicted octanol–water partition coefficient (Wildman–Crippen LogP) is 4.02. The molecule has 0 saturated carbocycles. The summed E-state index contributed by atoms with van der Waals surface area (Å²) in [4.78, 5) is 4.57. The van der Waals surface area contributed by atoms with Crippen molar-refractivity contribution in [3.8, 4) is 0 Å². The molecule has 3 nitrogen and oxygen atoms in total. The van der Waals surface area contributed by atoms with Crippen molar-refractivity contribution in [1.82, 2.24) is 4.98 Å². The molecule has 1 N–H and O–H groups in total. The van der Waals surface area contributed by atoms with E-state index in [1.165, 1.54) is 11.1 Å². The minimum Gasteiger partial charge on any atom is -0.385 e. The maximum Gasteiger partial charge on any atom is 0.0725 e. The summed E-state index contributed by atoms with van der Waals surface area (Å²) in [6, 6.07) is 10.4. The fourth-order valence-corrected chi connectivity index (χ4v) is 2.26. The Labute approximate surface area is 121 Å². The molecule has 0 saturated heterocycles. The first kappa shape index (κ1) is 14.8. The highest BCUT2D eigenvalue weighted by Gasteiger charge is 2.17. The van der Waals surface area contributed by atoms with Crippen molar-refractivity contribution < 1.29 is 4.74 Å². The molecule has 3 heteroatoms. The summed E-state index contributed by atoms with van der Waals surface area (Å²) in [6.07, 6.45) is 1.04. The Morgan fingerprint density at radius 3 is 2.75 bits per heavy atom. The van der Waals surface area contributed by atoms with Crippen LogP contribution in [-0.4, -0.2) is 25.2 Å². The standard InChI is InChI=1S/C17H24N2O/c1-13-11-16(14-7-5-6-8-15(14)19-13)18-12-17(2,3)9-10-20-4/h5-8,11H,9-10,12H2,1-4H3,(H,18,19). The molecule has 1 heterocycles. The molecule has 0 aliphatic rings. The number of hydrogen-bond donors (Lipinski definition) is 1. The molecule has 0 spiro atoms. The molecule has 0 fully saturated rings. The minimum absolute atomic E-state index is 0.203. The number of para-hydroxylation sites is 1. The second kappa shape index (κ2) is 6.23. The smallest absolute Gasteiger partial charge is 0.0725 e. The number of rotatable bonds is 6. The number of ether oxygens (including phenoxy) is 1. The SMILES string of the molecule is COCCC(C)(C)CNc1cc(C)nc2ccccc12. The summed E-state index contributed by atoms with van der Waals surface area (Å²) in [6.45, 7) is 8.27. The van der Waals surface area contributed by atoms with E-state index in [9.17, 15) is 0 Å². The predicted molar refractivity (Wildman–Crippen MR) is 85.2 cm³/mol. The highest BCUT2D eigenvalue weighted by atomic mass is 16.5. The average molecular weight is 272 g/mol. The zero-order valence-electron chi connectivity index (χ0n) is 12.9. The quantitative estimate of drug-likeness (QED) is 0.862. The van der Waals surface area contributed by atoms with Gasteiger partial charge in [0.15, 0.2) is 0 Å². The number of nitrogens with zero attached hydrogens (tertiary/aromatic N) is 1. The van der Waals surface area contributed by atoms with Gasteiger partial charge in [0, 0.05) is 37.0 Å². The van der Waals surface area contributed by atoms with Crippen LogP contribution >= 0.6 is 0 Å². The fourth-order valence-electron chi connectivity index (χ4n) is 2.26. The van der Waals surface area contributed by atoms with Gasteiger partial charge in [0.25, 0.3) is 0 Å². The van der Waals surface area contributed by atoms with E-state index in [1.807, 2.05) is 13.0 Å². The molecule has 0 amide bonds. The second-order valence-electron chi connectivity index (χ2n) is 6.09. The van der Waals surface area contributed by atoms with Crippen molar-refractivity contribution >= 4 is 16.6 Å². The van der Waals surface area contributed by atoms with Gasteiger partial charge in [-0.05, 0) is 30.9 Å². The Bertz CT molecular complexity index is 578. The monoisotopic (exact) mass is 272 g/mol. The Balaban J connectivity index is 2.17. The number of methoxy groups -OCH3 is 1. The first-order chi connectivity index (χ1) is 9.52. The van der Waals surface area contributed by atoms with Gasteiger partial charge >= 0.3 is 0 Å². The van der Waals surface area contributed by atoms with Crippen molar-refractivity contribution in [3.63, 3.8) is 0 Å². The molecule has 20 heavy (non-hydrogen) atoms. The second-order valence-corrected chi connectivity index (χ2v) is 6.09. The normalized spacial score (nSPS) is 11.8. The molecule has 1 aromatic carbocycles. The number of anilines is 1. The van der Waals surface area contributed by atoms with E-state index in [0.717, 1.165) is 30.8 Å². The lowest BCUT2D eigenvalue weighted by Crippen LogP contribution is -2.24. The Hall–Kier alpha value is -1.61. The number of pyridine rings is 1. The minimum atomic E-state index is 0.203. The van der Waals surface area contributed by atoms with Gasteiger partial charge in [-0.2, -0.15) is 0 Å². The van der Waals surface area contributed by atoms with Crippen molar-refractivity contribution in [2.45, 2.75) is 27.2 Å². The Morgan fingerprint density at radius 1 is 1.25 bits per heavy atom. The van der Waals surface area contributed by atoms with E-state index in [2.05, 4.69) is 48.4 Å². The van der Waals surface area contributed by atoms with Crippen LogP contribution in [0.15, 0.2) is 30.3 Å². The topological polar surface area (TPSA) is 34.1 Å². The zero-order valence-corrected chi connectivity index (χ0v) is 12.9. The van der Waals surface area contributed by atoms with E-state index in [0.29, 0.717) is 0 Å². The lowest BCUT2D eigenvalue weighted by atomic mass is 9.89. The van der Waals surface area contributed by atoms with Crippen molar-refractivity contribution in [2.75, 3.05) is 25.6 Å². The number of benzene rings is 1. The summed E-state index contributed by atoms with van der Waals surface area (Å²) in [7, 11) is 1.75. The van der Waals surface area contributed by atoms with Crippen molar-refractivity contribution in [3.05, 3.63) is 36.0 Å². The van der Waals surface area contributed by atoms with Crippen LogP contribution in [0, 0.1) is 12.3 Å². The molecular weight excluding hydrogens is 248 g/mol. The third-order valence-electron chi connectivity index (χ3n) is 3.58. The van der Waals surface area contributed by atoms with E-state index in [1.54, 1.807) is 7.11 Å². The van der Waals surface area contributed by atoms with Gasteiger partial charge in [0.1, 0.15) is 0 Å². The highest BCUT2D eigenvalue weighted by molar-refractivity contribution is 5.91. The van der Waals surface area contributed by atoms with Gasteiger partial charge in [-0.15, -0.1) is 0 Å². The molecule has 108 valence electrons. The number of hydrogen-bond acceptors (Lipinski definition) is 3. The number of nitrogens with one attached hydrogen (secondary N) is 1. The first-order valence-corrected chi connectivity index (χ1v) is 7.11. The van der Waals surface area contributed by atoms with Crippen LogP contribution in [0.5, 0.6) is 0 Å². The van der Waals surface area contributed by atoms with Crippen LogP contribution in [-0.2, 0) is 4.74 Å². The van der Waals surface area contributed by atoms with Crippen LogP contribution < -0.4 is 5.32 Å². The summed E-state index contributed by atoms with van der Waals surface area (Å²) in [5.41, 5.74) is 3.46. The van der Waals surface area contributed by atoms with Gasteiger partial charge in [0.05, 0.1) is 5.52 Å². The van der Waals surface area contributed by atoms with E-state index in [4.69, 9.17) is 4.74 Å². The maximum atomic E-state index is 5.18. The molecule has 0 aliphatic carbocycles. The molecular formula is C17H24N2O. The molecule has 2 rings (SSSR count). The van der Waals surface area contributed by atoms with Crippen LogP contribution in [0.4, 0.5) is 5.69 Å². The number of aromatic nitrogens is 1. The number of aryl methyl sites for hydroxylation is 1. The van der Waals surface area contributed by atoms with Crippen LogP contribution in [0.25, 0.3) is 10.9 Å². The van der Waals surface area contributed by atoms with Crippen LogP contribution in [0.2, 0.25) is 0 Å². The lowest BCUT2D eigenvalue weighted by molar-refractivity contribution is 0.157. The summed E-state index contributed by atoms with van der Waals surface area (Å²) in [5.74, 6) is 0. The van der Waals surface area contributed by atoms with Gasteiger partial charge in [0.2, 0.25) is 0 Å². The van der Waals surface area contributed by atoms with Crippen molar-refractivity contribution in [2.24, 2.45) is 5.41 Å².